The number of benzene rings is 2. The van der Waals surface area contributed by atoms with E-state index in [1.54, 1.807) is 29.2 Å². The summed E-state index contributed by atoms with van der Waals surface area (Å²) in [5.41, 5.74) is 2.87. The van der Waals surface area contributed by atoms with Crippen LogP contribution < -0.4 is 14.5 Å². The Kier molecular flexibility index (Phi) is 6.34. The van der Waals surface area contributed by atoms with E-state index in [0.717, 1.165) is 30.8 Å². The van der Waals surface area contributed by atoms with Crippen LogP contribution in [0.4, 0.5) is 11.4 Å². The highest BCUT2D eigenvalue weighted by Gasteiger charge is 2.23. The molecule has 2 fully saturated rings. The van der Waals surface area contributed by atoms with Crippen molar-refractivity contribution in [2.75, 3.05) is 29.4 Å². The molecule has 0 spiro atoms. The maximum atomic E-state index is 12.9. The molecule has 2 aromatic rings. The fraction of sp³-hybridized carbons (Fsp3) is 0.458. The van der Waals surface area contributed by atoms with Gasteiger partial charge in [0, 0.05) is 43.5 Å². The van der Waals surface area contributed by atoms with E-state index in [2.05, 4.69) is 28.7 Å². The maximum absolute atomic E-state index is 12.9. The third-order valence-corrected chi connectivity index (χ3v) is 7.84. The first kappa shape index (κ1) is 21.8. The van der Waals surface area contributed by atoms with Gasteiger partial charge in [-0.1, -0.05) is 19.1 Å². The zero-order chi connectivity index (χ0) is 22.0. The molecule has 1 N–H and O–H groups in total. The second-order valence-corrected chi connectivity index (χ2v) is 10.5. The molecule has 0 saturated carbocycles. The molecule has 2 aliphatic heterocycles. The van der Waals surface area contributed by atoms with Crippen molar-refractivity contribution in [2.24, 2.45) is 5.92 Å². The lowest BCUT2D eigenvalue weighted by Crippen LogP contribution is -2.34. The van der Waals surface area contributed by atoms with Gasteiger partial charge in [-0.05, 0) is 74.1 Å². The predicted octanol–water partition coefficient (Wildman–Crippen LogP) is 4.09. The minimum Gasteiger partial charge on any atom is -0.371 e. The summed E-state index contributed by atoms with van der Waals surface area (Å²) in [7, 11) is -3.66. The van der Waals surface area contributed by atoms with Gasteiger partial charge < -0.3 is 9.80 Å². The third-order valence-electron chi connectivity index (χ3n) is 6.28. The van der Waals surface area contributed by atoms with Crippen LogP contribution in [0.5, 0.6) is 0 Å². The standard InChI is InChI=1S/C24H31N3O3S/c1-18-5-3-15-26(17-18)21-9-7-20(8-10-21)19(2)25-31(29,30)23-13-11-22(12-14-23)27-16-4-6-24(27)28/h7-14,18-19,25H,3-6,15-17H2,1-2H3/t18-,19-/m1/s1. The van der Waals surface area contributed by atoms with E-state index in [4.69, 9.17) is 0 Å². The number of carbonyl (C=O) groups excluding carboxylic acids is 1. The second-order valence-electron chi connectivity index (χ2n) is 8.77. The molecule has 4 rings (SSSR count). The monoisotopic (exact) mass is 441 g/mol. The van der Waals surface area contributed by atoms with Crippen molar-refractivity contribution in [1.82, 2.24) is 4.72 Å². The van der Waals surface area contributed by atoms with Crippen LogP contribution >= 0.6 is 0 Å². The number of sulfonamides is 1. The van der Waals surface area contributed by atoms with Crippen molar-refractivity contribution in [3.8, 4) is 0 Å². The van der Waals surface area contributed by atoms with Gasteiger partial charge in [-0.3, -0.25) is 4.79 Å². The molecule has 0 aromatic heterocycles. The number of piperidine rings is 1. The smallest absolute Gasteiger partial charge is 0.241 e. The van der Waals surface area contributed by atoms with E-state index in [9.17, 15) is 13.2 Å². The minimum absolute atomic E-state index is 0.0878. The Balaban J connectivity index is 1.42. The summed E-state index contributed by atoms with van der Waals surface area (Å²) >= 11 is 0. The van der Waals surface area contributed by atoms with Gasteiger partial charge in [0.2, 0.25) is 15.9 Å². The van der Waals surface area contributed by atoms with Gasteiger partial charge in [-0.15, -0.1) is 0 Å². The zero-order valence-corrected chi connectivity index (χ0v) is 19.1. The highest BCUT2D eigenvalue weighted by molar-refractivity contribution is 7.89. The highest BCUT2D eigenvalue weighted by Crippen LogP contribution is 2.26. The van der Waals surface area contributed by atoms with Crippen LogP contribution in [0.15, 0.2) is 53.4 Å². The van der Waals surface area contributed by atoms with E-state index >= 15 is 0 Å². The van der Waals surface area contributed by atoms with Gasteiger partial charge in [0.1, 0.15) is 0 Å². The van der Waals surface area contributed by atoms with Crippen LogP contribution in [0.3, 0.4) is 0 Å². The Labute approximate surface area is 185 Å². The van der Waals surface area contributed by atoms with Crippen LogP contribution in [0.2, 0.25) is 0 Å². The third kappa shape index (κ3) is 4.93. The molecule has 7 heteroatoms. The molecule has 0 radical (unpaired) electrons. The Hall–Kier alpha value is -2.38. The molecule has 2 heterocycles. The van der Waals surface area contributed by atoms with E-state index in [1.807, 2.05) is 19.1 Å². The number of hydrogen-bond donors (Lipinski definition) is 1. The van der Waals surface area contributed by atoms with Gasteiger partial charge in [0.15, 0.2) is 0 Å². The van der Waals surface area contributed by atoms with Crippen LogP contribution in [-0.4, -0.2) is 34.0 Å². The summed E-state index contributed by atoms with van der Waals surface area (Å²) in [6.45, 7) is 6.97. The summed E-state index contributed by atoms with van der Waals surface area (Å²) in [4.78, 5) is 16.2. The molecule has 0 unspecified atom stereocenters. The van der Waals surface area contributed by atoms with E-state index in [-0.39, 0.29) is 16.8 Å². The first-order chi connectivity index (χ1) is 14.8. The second kappa shape index (κ2) is 9.01. The first-order valence-electron chi connectivity index (χ1n) is 11.1. The molecule has 2 aliphatic rings. The zero-order valence-electron chi connectivity index (χ0n) is 18.3. The van der Waals surface area contributed by atoms with Crippen LogP contribution in [0, 0.1) is 5.92 Å². The van der Waals surface area contributed by atoms with Crippen molar-refractivity contribution in [1.29, 1.82) is 0 Å². The minimum atomic E-state index is -3.66. The molecular weight excluding hydrogens is 410 g/mol. The van der Waals surface area contributed by atoms with Crippen molar-refractivity contribution in [3.05, 3.63) is 54.1 Å². The van der Waals surface area contributed by atoms with Gasteiger partial charge in [-0.2, -0.15) is 0 Å². The van der Waals surface area contributed by atoms with Crippen molar-refractivity contribution < 1.29 is 13.2 Å². The Morgan fingerprint density at radius 2 is 1.65 bits per heavy atom. The normalized spacial score (nSPS) is 20.8. The molecule has 2 atom stereocenters. The summed E-state index contributed by atoms with van der Waals surface area (Å²) in [6, 6.07) is 14.4. The Bertz CT molecular complexity index is 1020. The van der Waals surface area contributed by atoms with Gasteiger partial charge in [0.25, 0.3) is 0 Å². The maximum Gasteiger partial charge on any atom is 0.241 e. The lowest BCUT2D eigenvalue weighted by atomic mass is 9.99. The largest absolute Gasteiger partial charge is 0.371 e. The number of carbonyl (C=O) groups is 1. The summed E-state index contributed by atoms with van der Waals surface area (Å²) in [5.74, 6) is 0.791. The average Bonchev–Trinajstić information content (AvgIpc) is 3.19. The molecule has 31 heavy (non-hydrogen) atoms. The molecule has 2 saturated heterocycles. The molecule has 0 bridgehead atoms. The lowest BCUT2D eigenvalue weighted by molar-refractivity contribution is -0.117. The number of nitrogens with zero attached hydrogens (tertiary/aromatic N) is 2. The summed E-state index contributed by atoms with van der Waals surface area (Å²) < 4.78 is 28.5. The van der Waals surface area contributed by atoms with Gasteiger partial charge >= 0.3 is 0 Å². The fourth-order valence-corrected chi connectivity index (χ4v) is 5.72. The Morgan fingerprint density at radius 3 is 2.26 bits per heavy atom. The molecule has 166 valence electrons. The van der Waals surface area contributed by atoms with Crippen LogP contribution in [0.1, 0.15) is 51.1 Å². The molecule has 2 aromatic carbocycles. The lowest BCUT2D eigenvalue weighted by Gasteiger charge is -2.33. The quantitative estimate of drug-likeness (QED) is 0.733. The number of rotatable bonds is 6. The first-order valence-corrected chi connectivity index (χ1v) is 12.6. The molecule has 6 nitrogen and oxygen atoms in total. The van der Waals surface area contributed by atoms with Gasteiger partial charge in [0.05, 0.1) is 4.90 Å². The van der Waals surface area contributed by atoms with Crippen LogP contribution in [-0.2, 0) is 14.8 Å². The Morgan fingerprint density at radius 1 is 0.968 bits per heavy atom. The predicted molar refractivity (Wildman–Crippen MR) is 124 cm³/mol. The topological polar surface area (TPSA) is 69.7 Å². The van der Waals surface area contributed by atoms with Crippen LogP contribution in [0.25, 0.3) is 0 Å². The molecule has 1 amide bonds. The molecule has 0 aliphatic carbocycles. The van der Waals surface area contributed by atoms with Gasteiger partial charge in [-0.25, -0.2) is 13.1 Å². The van der Waals surface area contributed by atoms with E-state index in [0.29, 0.717) is 18.9 Å². The SMILES string of the molecule is C[C@@H]1CCCN(c2ccc([C@@H](C)NS(=O)(=O)c3ccc(N4CCCC4=O)cc3)cc2)C1. The number of amides is 1. The number of hydrogen-bond acceptors (Lipinski definition) is 4. The van der Waals surface area contributed by atoms with Crippen molar-refractivity contribution in [3.63, 3.8) is 0 Å². The molecular formula is C24H31N3O3S. The summed E-state index contributed by atoms with van der Waals surface area (Å²) in [6.07, 6.45) is 3.88. The van der Waals surface area contributed by atoms with Crippen molar-refractivity contribution in [2.45, 2.75) is 50.5 Å². The van der Waals surface area contributed by atoms with E-state index in [1.165, 1.54) is 18.5 Å². The van der Waals surface area contributed by atoms with Crippen molar-refractivity contribution >= 4 is 27.3 Å². The fourth-order valence-electron chi connectivity index (χ4n) is 4.49. The van der Waals surface area contributed by atoms with E-state index < -0.39 is 10.0 Å². The average molecular weight is 442 g/mol. The summed E-state index contributed by atoms with van der Waals surface area (Å²) in [5, 5.41) is 0. The number of anilines is 2. The highest BCUT2D eigenvalue weighted by atomic mass is 32.2. The number of nitrogens with one attached hydrogen (secondary N) is 1.